The highest BCUT2D eigenvalue weighted by Crippen LogP contribution is 2.28. The smallest absolute Gasteiger partial charge is 0.347 e. The van der Waals surface area contributed by atoms with E-state index >= 15 is 0 Å². The molecule has 1 N–H and O–H groups in total. The maximum atomic E-state index is 11.9. The fraction of sp³-hybridized carbons (Fsp3) is 0.556. The van der Waals surface area contributed by atoms with Crippen molar-refractivity contribution in [3.05, 3.63) is 28.2 Å². The zero-order valence-corrected chi connectivity index (χ0v) is 16.2. The van der Waals surface area contributed by atoms with Crippen LogP contribution in [-0.2, 0) is 14.3 Å². The molecule has 140 valence electrons. The number of rotatable bonds is 11. The third-order valence-electron chi connectivity index (χ3n) is 3.46. The molecule has 0 bridgehead atoms. The van der Waals surface area contributed by atoms with E-state index in [1.165, 1.54) is 6.07 Å². The maximum absolute atomic E-state index is 11.9. The van der Waals surface area contributed by atoms with Crippen LogP contribution in [0.4, 0.5) is 0 Å². The van der Waals surface area contributed by atoms with Gasteiger partial charge in [0.05, 0.1) is 11.6 Å². The van der Waals surface area contributed by atoms with Crippen molar-refractivity contribution in [3.63, 3.8) is 0 Å². The number of esters is 1. The molecule has 7 heteroatoms. The lowest BCUT2D eigenvalue weighted by molar-refractivity contribution is -0.151. The molecule has 0 spiro atoms. The molecule has 0 saturated carbocycles. The van der Waals surface area contributed by atoms with Gasteiger partial charge in [0.15, 0.2) is 6.10 Å². The van der Waals surface area contributed by atoms with Crippen LogP contribution in [0.5, 0.6) is 5.75 Å². The van der Waals surface area contributed by atoms with E-state index in [-0.39, 0.29) is 19.1 Å². The number of ether oxygens (including phenoxy) is 2. The SMILES string of the molecule is CCCCCCC(=O)NCCOC(=O)C(C)Oc1ccc(Cl)cc1Cl. The number of hydrogen-bond acceptors (Lipinski definition) is 4. The Morgan fingerprint density at radius 3 is 2.64 bits per heavy atom. The normalized spacial score (nSPS) is 11.7. The fourth-order valence-corrected chi connectivity index (χ4v) is 2.52. The van der Waals surface area contributed by atoms with E-state index < -0.39 is 12.1 Å². The number of benzene rings is 1. The van der Waals surface area contributed by atoms with Crippen molar-refractivity contribution < 1.29 is 19.1 Å². The molecule has 25 heavy (non-hydrogen) atoms. The summed E-state index contributed by atoms with van der Waals surface area (Å²) in [7, 11) is 0. The van der Waals surface area contributed by atoms with Crippen LogP contribution in [0.25, 0.3) is 0 Å². The van der Waals surface area contributed by atoms with Crippen LogP contribution in [-0.4, -0.2) is 31.1 Å². The van der Waals surface area contributed by atoms with Crippen LogP contribution in [0.1, 0.15) is 46.0 Å². The summed E-state index contributed by atoms with van der Waals surface area (Å²) in [4.78, 5) is 23.5. The third kappa shape index (κ3) is 8.98. The van der Waals surface area contributed by atoms with Crippen molar-refractivity contribution in [2.75, 3.05) is 13.2 Å². The average Bonchev–Trinajstić information content (AvgIpc) is 2.57. The van der Waals surface area contributed by atoms with Crippen LogP contribution in [0.3, 0.4) is 0 Å². The number of unbranched alkanes of at least 4 members (excludes halogenated alkanes) is 3. The second-order valence-electron chi connectivity index (χ2n) is 5.66. The topological polar surface area (TPSA) is 64.6 Å². The lowest BCUT2D eigenvalue weighted by Crippen LogP contribution is -2.31. The van der Waals surface area contributed by atoms with Crippen LogP contribution in [0.15, 0.2) is 18.2 Å². The quantitative estimate of drug-likeness (QED) is 0.450. The van der Waals surface area contributed by atoms with E-state index in [1.54, 1.807) is 19.1 Å². The summed E-state index contributed by atoms with van der Waals surface area (Å²) in [6, 6.07) is 4.75. The Morgan fingerprint density at radius 1 is 1.20 bits per heavy atom. The van der Waals surface area contributed by atoms with E-state index in [4.69, 9.17) is 32.7 Å². The zero-order valence-electron chi connectivity index (χ0n) is 14.6. The Bertz CT molecular complexity index is 566. The Balaban J connectivity index is 2.22. The molecule has 0 radical (unpaired) electrons. The van der Waals surface area contributed by atoms with Crippen LogP contribution < -0.4 is 10.1 Å². The van der Waals surface area contributed by atoms with Crippen LogP contribution in [0.2, 0.25) is 10.0 Å². The van der Waals surface area contributed by atoms with Gasteiger partial charge in [-0.3, -0.25) is 4.79 Å². The third-order valence-corrected chi connectivity index (χ3v) is 3.99. The predicted molar refractivity (Wildman–Crippen MR) is 99.3 cm³/mol. The molecule has 0 fully saturated rings. The highest BCUT2D eigenvalue weighted by Gasteiger charge is 2.17. The van der Waals surface area contributed by atoms with Crippen molar-refractivity contribution in [2.45, 2.75) is 52.1 Å². The monoisotopic (exact) mass is 389 g/mol. The van der Waals surface area contributed by atoms with Gasteiger partial charge in [0, 0.05) is 11.4 Å². The van der Waals surface area contributed by atoms with E-state index in [9.17, 15) is 9.59 Å². The molecule has 1 aromatic carbocycles. The van der Waals surface area contributed by atoms with Crippen molar-refractivity contribution in [2.24, 2.45) is 0 Å². The maximum Gasteiger partial charge on any atom is 0.347 e. The Labute approximate surface area is 159 Å². The highest BCUT2D eigenvalue weighted by atomic mass is 35.5. The van der Waals surface area contributed by atoms with Gasteiger partial charge in [-0.2, -0.15) is 0 Å². The molecule has 1 rings (SSSR count). The summed E-state index contributed by atoms with van der Waals surface area (Å²) in [5, 5.41) is 3.53. The fourth-order valence-electron chi connectivity index (χ4n) is 2.07. The van der Waals surface area contributed by atoms with Crippen molar-refractivity contribution >= 4 is 35.1 Å². The van der Waals surface area contributed by atoms with Gasteiger partial charge in [0.25, 0.3) is 0 Å². The molecule has 0 aliphatic rings. The van der Waals surface area contributed by atoms with Gasteiger partial charge >= 0.3 is 5.97 Å². The van der Waals surface area contributed by atoms with E-state index in [0.717, 1.165) is 25.7 Å². The number of halogens is 2. The minimum atomic E-state index is -0.816. The molecular weight excluding hydrogens is 365 g/mol. The molecule has 0 aromatic heterocycles. The van der Waals surface area contributed by atoms with Crippen molar-refractivity contribution in [3.8, 4) is 5.75 Å². The summed E-state index contributed by atoms with van der Waals surface area (Å²) in [6.45, 7) is 4.08. The van der Waals surface area contributed by atoms with E-state index in [0.29, 0.717) is 22.2 Å². The lowest BCUT2D eigenvalue weighted by atomic mass is 10.1. The second kappa shape index (κ2) is 12.0. The van der Waals surface area contributed by atoms with E-state index in [1.807, 2.05) is 0 Å². The summed E-state index contributed by atoms with van der Waals surface area (Å²) >= 11 is 11.8. The van der Waals surface area contributed by atoms with Crippen molar-refractivity contribution in [1.29, 1.82) is 0 Å². The Kier molecular flexibility index (Phi) is 10.3. The molecule has 1 aromatic rings. The Hall–Kier alpha value is -1.46. The molecule has 0 heterocycles. The van der Waals surface area contributed by atoms with Gasteiger partial charge in [-0.05, 0) is 31.5 Å². The number of amides is 1. The van der Waals surface area contributed by atoms with Gasteiger partial charge in [0.2, 0.25) is 5.91 Å². The molecule has 5 nitrogen and oxygen atoms in total. The number of hydrogen-bond donors (Lipinski definition) is 1. The summed E-state index contributed by atoms with van der Waals surface area (Å²) in [6.07, 6.45) is 3.90. The van der Waals surface area contributed by atoms with Crippen LogP contribution in [0, 0.1) is 0 Å². The molecule has 0 saturated heterocycles. The number of carbonyl (C=O) groups is 2. The molecule has 0 aliphatic carbocycles. The van der Waals surface area contributed by atoms with Crippen molar-refractivity contribution in [1.82, 2.24) is 5.32 Å². The first-order chi connectivity index (χ1) is 11.9. The molecular formula is C18H25Cl2NO4. The summed E-state index contributed by atoms with van der Waals surface area (Å²) < 4.78 is 10.5. The van der Waals surface area contributed by atoms with Gasteiger partial charge in [-0.15, -0.1) is 0 Å². The minimum Gasteiger partial charge on any atom is -0.477 e. The van der Waals surface area contributed by atoms with Gasteiger partial charge in [-0.25, -0.2) is 4.79 Å². The first-order valence-corrected chi connectivity index (χ1v) is 9.24. The second-order valence-corrected chi connectivity index (χ2v) is 6.51. The highest BCUT2D eigenvalue weighted by molar-refractivity contribution is 6.35. The minimum absolute atomic E-state index is 0.0237. The molecule has 0 aliphatic heterocycles. The molecule has 1 amide bonds. The molecule has 1 atom stereocenters. The number of carbonyl (C=O) groups excluding carboxylic acids is 2. The van der Waals surface area contributed by atoms with E-state index in [2.05, 4.69) is 12.2 Å². The summed E-state index contributed by atoms with van der Waals surface area (Å²) in [5.74, 6) is -0.191. The summed E-state index contributed by atoms with van der Waals surface area (Å²) in [5.41, 5.74) is 0. The van der Waals surface area contributed by atoms with Gasteiger partial charge in [-0.1, -0.05) is 49.4 Å². The first kappa shape index (κ1) is 21.6. The molecule has 1 unspecified atom stereocenters. The largest absolute Gasteiger partial charge is 0.477 e. The Morgan fingerprint density at radius 2 is 1.96 bits per heavy atom. The first-order valence-electron chi connectivity index (χ1n) is 8.49. The van der Waals surface area contributed by atoms with Gasteiger partial charge in [0.1, 0.15) is 12.4 Å². The number of nitrogens with one attached hydrogen (secondary N) is 1. The van der Waals surface area contributed by atoms with Crippen LogP contribution >= 0.6 is 23.2 Å². The van der Waals surface area contributed by atoms with Gasteiger partial charge < -0.3 is 14.8 Å². The average molecular weight is 390 g/mol. The predicted octanol–water partition coefficient (Wildman–Crippen LogP) is 4.39. The lowest BCUT2D eigenvalue weighted by Gasteiger charge is -2.15. The standard InChI is InChI=1S/C18H25Cl2NO4/c1-3-4-5-6-7-17(22)21-10-11-24-18(23)13(2)25-16-9-8-14(19)12-15(16)20/h8-9,12-13H,3-7,10-11H2,1-2H3,(H,21,22). The zero-order chi connectivity index (χ0) is 18.7.